The molecule has 3 aromatic rings. The van der Waals surface area contributed by atoms with Crippen LogP contribution in [0, 0.1) is 17.0 Å². The number of thiazole rings is 1. The number of carboxylic acids is 1. The van der Waals surface area contributed by atoms with Gasteiger partial charge in [-0.05, 0) is 36.8 Å². The third kappa shape index (κ3) is 5.12. The second-order valence-electron chi connectivity index (χ2n) is 11.1. The lowest BCUT2D eigenvalue weighted by Gasteiger charge is -2.26. The Morgan fingerprint density at radius 2 is 1.90 bits per heavy atom. The van der Waals surface area contributed by atoms with E-state index >= 15 is 4.39 Å². The van der Waals surface area contributed by atoms with E-state index in [1.807, 2.05) is 24.3 Å². The van der Waals surface area contributed by atoms with Crippen molar-refractivity contribution in [1.29, 1.82) is 0 Å². The average Bonchev–Trinajstić information content (AvgIpc) is 3.36. The molecule has 2 aromatic heterocycles. The number of pyridine rings is 1. The number of hydrogen-bond donors (Lipinski definition) is 1. The Kier molecular flexibility index (Phi) is 7.12. The van der Waals surface area contributed by atoms with Crippen LogP contribution in [0.1, 0.15) is 56.9 Å². The van der Waals surface area contributed by atoms with Gasteiger partial charge in [-0.1, -0.05) is 61.3 Å². The van der Waals surface area contributed by atoms with Crippen LogP contribution in [-0.4, -0.2) is 45.9 Å². The highest BCUT2D eigenvalue weighted by atomic mass is 32.1. The van der Waals surface area contributed by atoms with Crippen LogP contribution < -0.4 is 9.80 Å². The van der Waals surface area contributed by atoms with Crippen molar-refractivity contribution in [3.05, 3.63) is 47.2 Å². The molecule has 0 unspecified atom stereocenters. The van der Waals surface area contributed by atoms with Crippen molar-refractivity contribution in [2.75, 3.05) is 16.8 Å². The van der Waals surface area contributed by atoms with Crippen molar-refractivity contribution in [3.63, 3.8) is 0 Å². The highest BCUT2D eigenvalue weighted by molar-refractivity contribution is 7.14. The van der Waals surface area contributed by atoms with Gasteiger partial charge in [-0.3, -0.25) is 24.2 Å². The number of benzene rings is 1. The summed E-state index contributed by atoms with van der Waals surface area (Å²) < 4.78 is 15.6. The minimum Gasteiger partial charge on any atom is -0.481 e. The van der Waals surface area contributed by atoms with Crippen LogP contribution in [0.3, 0.4) is 0 Å². The highest BCUT2D eigenvalue weighted by Crippen LogP contribution is 2.42. The molecule has 208 valence electrons. The lowest BCUT2D eigenvalue weighted by molar-refractivity contribution is -0.141. The van der Waals surface area contributed by atoms with Crippen LogP contribution in [0.2, 0.25) is 0 Å². The topological polar surface area (TPSA) is 104 Å². The maximum absolute atomic E-state index is 15.6. The second kappa shape index (κ2) is 10.7. The summed E-state index contributed by atoms with van der Waals surface area (Å²) in [6.07, 6.45) is 8.08. The number of halogens is 1. The third-order valence-corrected chi connectivity index (χ3v) is 9.11. The fraction of sp³-hybridized carbons (Fsp3) is 0.433. The van der Waals surface area contributed by atoms with Crippen LogP contribution in [0.4, 0.5) is 15.3 Å². The van der Waals surface area contributed by atoms with Gasteiger partial charge in [0.2, 0.25) is 16.9 Å². The Balaban J connectivity index is 1.33. The lowest BCUT2D eigenvalue weighted by Crippen LogP contribution is -2.39. The first-order valence-corrected chi connectivity index (χ1v) is 14.7. The molecule has 0 spiro atoms. The molecular weight excluding hydrogens is 531 g/mol. The van der Waals surface area contributed by atoms with Gasteiger partial charge in [0.1, 0.15) is 11.5 Å². The van der Waals surface area contributed by atoms with Crippen LogP contribution in [0.25, 0.3) is 22.4 Å². The molecule has 2 saturated carbocycles. The van der Waals surface area contributed by atoms with Crippen molar-refractivity contribution in [2.45, 2.75) is 63.8 Å². The van der Waals surface area contributed by atoms with Gasteiger partial charge in [-0.2, -0.15) is 4.39 Å². The minimum absolute atomic E-state index is 0.0258. The highest BCUT2D eigenvalue weighted by Gasteiger charge is 2.40. The fourth-order valence-corrected chi connectivity index (χ4v) is 6.96. The van der Waals surface area contributed by atoms with Gasteiger partial charge in [0, 0.05) is 41.9 Å². The molecule has 2 fully saturated rings. The summed E-state index contributed by atoms with van der Waals surface area (Å²) in [7, 11) is 1.70. The van der Waals surface area contributed by atoms with Gasteiger partial charge in [-0.25, -0.2) is 9.97 Å². The molecule has 2 aliphatic carbocycles. The molecule has 6 rings (SSSR count). The second-order valence-corrected chi connectivity index (χ2v) is 12.0. The van der Waals surface area contributed by atoms with Crippen LogP contribution >= 0.6 is 11.3 Å². The number of carbonyl (C=O) groups is 3. The Morgan fingerprint density at radius 3 is 2.60 bits per heavy atom. The molecule has 3 heterocycles. The predicted molar refractivity (Wildman–Crippen MR) is 151 cm³/mol. The number of rotatable bonds is 9. The Morgan fingerprint density at radius 1 is 1.18 bits per heavy atom. The molecule has 0 saturated heterocycles. The zero-order valence-electron chi connectivity index (χ0n) is 22.3. The van der Waals surface area contributed by atoms with E-state index in [2.05, 4.69) is 9.97 Å². The van der Waals surface area contributed by atoms with Crippen LogP contribution in [-0.2, 0) is 20.8 Å². The normalized spacial score (nSPS) is 17.8. The molecule has 1 aliphatic heterocycles. The van der Waals surface area contributed by atoms with E-state index in [9.17, 15) is 19.5 Å². The average molecular weight is 563 g/mol. The summed E-state index contributed by atoms with van der Waals surface area (Å²) in [5.74, 6) is -0.963. The fourth-order valence-electron chi connectivity index (χ4n) is 6.07. The monoisotopic (exact) mass is 562 g/mol. The molecule has 1 aromatic carbocycles. The third-order valence-electron chi connectivity index (χ3n) is 8.26. The van der Waals surface area contributed by atoms with Crippen molar-refractivity contribution < 1.29 is 23.9 Å². The van der Waals surface area contributed by atoms with E-state index < -0.39 is 17.0 Å². The SMILES string of the molecule is CN1C(=O)Cc2cc(-c3ccccc3-c3nc(N(C(=O)[C@@H](CC(=O)O)CC4CCCC4)C4CC4)sc3F)cnc21. The lowest BCUT2D eigenvalue weighted by atomic mass is 9.90. The standard InChI is InChI=1S/C30H31FN4O4S/c1-34-24(36)14-18-13-20(16-32-28(18)34)22-8-4-5-9-23(22)26-27(31)40-30(33-26)35(21-10-11-21)29(39)19(15-25(37)38)12-17-6-2-3-7-17/h4-5,8-9,13,16-17,19,21H,2-3,6-7,10-12,14-15H2,1H3,(H,37,38)/t19-/m1/s1. The number of likely N-dealkylation sites (N-methyl/N-ethyl adjacent to an activating group) is 1. The first-order valence-electron chi connectivity index (χ1n) is 13.9. The summed E-state index contributed by atoms with van der Waals surface area (Å²) in [5.41, 5.74) is 3.01. The predicted octanol–water partition coefficient (Wildman–Crippen LogP) is 5.70. The molecule has 1 atom stereocenters. The Labute approximate surface area is 235 Å². The van der Waals surface area contributed by atoms with E-state index in [1.165, 1.54) is 4.90 Å². The number of nitrogens with zero attached hydrogens (tertiary/aromatic N) is 4. The number of aliphatic carboxylic acids is 1. The van der Waals surface area contributed by atoms with Gasteiger partial charge in [0.05, 0.1) is 12.8 Å². The van der Waals surface area contributed by atoms with Gasteiger partial charge < -0.3 is 5.11 Å². The number of hydrogen-bond acceptors (Lipinski definition) is 6. The molecule has 2 amide bonds. The molecule has 1 N–H and O–H groups in total. The Hall–Kier alpha value is -3.66. The number of fused-ring (bicyclic) bond motifs is 1. The van der Waals surface area contributed by atoms with Crippen LogP contribution in [0.15, 0.2) is 36.5 Å². The summed E-state index contributed by atoms with van der Waals surface area (Å²) in [4.78, 5) is 49.9. The van der Waals surface area contributed by atoms with Gasteiger partial charge >= 0.3 is 5.97 Å². The molecule has 0 bridgehead atoms. The van der Waals surface area contributed by atoms with Crippen molar-refractivity contribution in [1.82, 2.24) is 9.97 Å². The maximum Gasteiger partial charge on any atom is 0.304 e. The first-order chi connectivity index (χ1) is 19.3. The smallest absolute Gasteiger partial charge is 0.304 e. The van der Waals surface area contributed by atoms with E-state index in [0.717, 1.165) is 66.6 Å². The van der Waals surface area contributed by atoms with Gasteiger partial charge in [0.25, 0.3) is 0 Å². The number of carbonyl (C=O) groups excluding carboxylic acids is 2. The summed E-state index contributed by atoms with van der Waals surface area (Å²) >= 11 is 0.831. The van der Waals surface area contributed by atoms with E-state index in [-0.39, 0.29) is 41.5 Å². The van der Waals surface area contributed by atoms with Crippen molar-refractivity contribution >= 4 is 40.1 Å². The summed E-state index contributed by atoms with van der Waals surface area (Å²) in [5, 5.41) is 9.34. The zero-order chi connectivity index (χ0) is 28.0. The van der Waals surface area contributed by atoms with E-state index in [4.69, 9.17) is 0 Å². The minimum atomic E-state index is -0.997. The Bertz CT molecular complexity index is 1480. The number of anilines is 2. The molecule has 8 nitrogen and oxygen atoms in total. The molecular formula is C30H31FN4O4S. The number of amides is 2. The number of aromatic nitrogens is 2. The van der Waals surface area contributed by atoms with Crippen LogP contribution in [0.5, 0.6) is 0 Å². The van der Waals surface area contributed by atoms with Gasteiger partial charge in [-0.15, -0.1) is 0 Å². The number of carboxylic acid groups (broad SMARTS) is 1. The molecule has 10 heteroatoms. The summed E-state index contributed by atoms with van der Waals surface area (Å²) in [6, 6.07) is 9.14. The molecule has 40 heavy (non-hydrogen) atoms. The summed E-state index contributed by atoms with van der Waals surface area (Å²) in [6.45, 7) is 0. The first kappa shape index (κ1) is 26.6. The van der Waals surface area contributed by atoms with Gasteiger partial charge in [0.15, 0.2) is 5.13 Å². The maximum atomic E-state index is 15.6. The van der Waals surface area contributed by atoms with Crippen molar-refractivity contribution in [2.24, 2.45) is 11.8 Å². The molecule has 0 radical (unpaired) electrons. The zero-order valence-corrected chi connectivity index (χ0v) is 23.1. The largest absolute Gasteiger partial charge is 0.481 e. The van der Waals surface area contributed by atoms with E-state index in [0.29, 0.717) is 23.7 Å². The van der Waals surface area contributed by atoms with E-state index in [1.54, 1.807) is 24.2 Å². The molecule has 3 aliphatic rings. The van der Waals surface area contributed by atoms with Crippen molar-refractivity contribution in [3.8, 4) is 22.4 Å². The quantitative estimate of drug-likeness (QED) is 0.359.